The van der Waals surface area contributed by atoms with Gasteiger partial charge in [0.2, 0.25) is 0 Å². The molecule has 0 aromatic heterocycles. The Labute approximate surface area is 81.6 Å². The van der Waals surface area contributed by atoms with Gasteiger partial charge in [-0.3, -0.25) is 0 Å². The van der Waals surface area contributed by atoms with Crippen LogP contribution in [-0.2, 0) is 9.59 Å². The smallest absolute Gasteiger partial charge is 0.331 e. The summed E-state index contributed by atoms with van der Waals surface area (Å²) in [7, 11) is 0. The van der Waals surface area contributed by atoms with E-state index < -0.39 is 11.9 Å². The summed E-state index contributed by atoms with van der Waals surface area (Å²) in [6.45, 7) is 0. The minimum atomic E-state index is -0.905. The van der Waals surface area contributed by atoms with Gasteiger partial charge in [0, 0.05) is 11.1 Å². The van der Waals surface area contributed by atoms with Gasteiger partial charge in [0.1, 0.15) is 0 Å². The predicted molar refractivity (Wildman–Crippen MR) is 49.9 cm³/mol. The average molecular weight is 196 g/mol. The standard InChI is InChI=1S/C10H12O4/c11-9(12)7-3-1-4-8(10(13)14)6-2-5-7/h3,6H,1-2,4-5H2,(H,11,12)(H,13,14)/b7-3+,8-6+. The Morgan fingerprint density at radius 2 is 1.29 bits per heavy atom. The summed E-state index contributed by atoms with van der Waals surface area (Å²) in [4.78, 5) is 21.3. The van der Waals surface area contributed by atoms with E-state index in [0.29, 0.717) is 36.8 Å². The Kier molecular flexibility index (Phi) is 3.45. The largest absolute Gasteiger partial charge is 0.478 e. The molecule has 0 saturated heterocycles. The van der Waals surface area contributed by atoms with Crippen LogP contribution in [0.4, 0.5) is 0 Å². The lowest BCUT2D eigenvalue weighted by atomic mass is 10.00. The van der Waals surface area contributed by atoms with Crippen LogP contribution in [-0.4, -0.2) is 22.2 Å². The van der Waals surface area contributed by atoms with Crippen LogP contribution >= 0.6 is 0 Å². The summed E-state index contributed by atoms with van der Waals surface area (Å²) < 4.78 is 0. The van der Waals surface area contributed by atoms with Crippen molar-refractivity contribution in [2.24, 2.45) is 0 Å². The van der Waals surface area contributed by atoms with Crippen LogP contribution in [0.1, 0.15) is 25.7 Å². The Morgan fingerprint density at radius 3 is 1.57 bits per heavy atom. The van der Waals surface area contributed by atoms with Gasteiger partial charge in [0.15, 0.2) is 0 Å². The number of carboxylic acids is 2. The third-order valence-electron chi connectivity index (χ3n) is 2.16. The van der Waals surface area contributed by atoms with E-state index in [0.717, 1.165) is 0 Å². The van der Waals surface area contributed by atoms with Crippen LogP contribution in [0, 0.1) is 0 Å². The van der Waals surface area contributed by atoms with Crippen molar-refractivity contribution < 1.29 is 19.8 Å². The number of allylic oxidation sites excluding steroid dienone is 2. The molecule has 0 saturated carbocycles. The predicted octanol–water partition coefficient (Wildman–Crippen LogP) is 1.58. The van der Waals surface area contributed by atoms with E-state index in [9.17, 15) is 9.59 Å². The molecular weight excluding hydrogens is 184 g/mol. The van der Waals surface area contributed by atoms with Crippen molar-refractivity contribution >= 4 is 11.9 Å². The number of rotatable bonds is 2. The molecule has 0 heterocycles. The first-order chi connectivity index (χ1) is 6.61. The lowest BCUT2D eigenvalue weighted by Crippen LogP contribution is -2.05. The summed E-state index contributed by atoms with van der Waals surface area (Å²) in [5.74, 6) is -1.81. The van der Waals surface area contributed by atoms with Gasteiger partial charge in [-0.1, -0.05) is 12.2 Å². The van der Waals surface area contributed by atoms with E-state index in [1.54, 1.807) is 12.2 Å². The normalized spacial score (nSPS) is 24.9. The Balaban J connectivity index is 2.66. The zero-order valence-corrected chi connectivity index (χ0v) is 7.69. The third-order valence-corrected chi connectivity index (χ3v) is 2.16. The molecule has 1 rings (SSSR count). The minimum Gasteiger partial charge on any atom is -0.478 e. The highest BCUT2D eigenvalue weighted by molar-refractivity contribution is 5.88. The summed E-state index contributed by atoms with van der Waals surface area (Å²) in [6, 6.07) is 0. The fourth-order valence-electron chi connectivity index (χ4n) is 1.40. The van der Waals surface area contributed by atoms with Gasteiger partial charge in [-0.05, 0) is 25.7 Å². The van der Waals surface area contributed by atoms with Gasteiger partial charge < -0.3 is 10.2 Å². The number of hydrogen-bond donors (Lipinski definition) is 2. The Morgan fingerprint density at radius 1 is 0.929 bits per heavy atom. The molecule has 0 bridgehead atoms. The lowest BCUT2D eigenvalue weighted by Gasteiger charge is -2.06. The first kappa shape index (κ1) is 10.5. The quantitative estimate of drug-likeness (QED) is 0.703. The molecule has 1 aliphatic rings. The molecule has 0 aromatic carbocycles. The molecule has 1 aliphatic carbocycles. The number of aliphatic carboxylic acids is 2. The van der Waals surface area contributed by atoms with Crippen LogP contribution in [0.15, 0.2) is 23.3 Å². The van der Waals surface area contributed by atoms with Crippen LogP contribution in [0.3, 0.4) is 0 Å². The Hall–Kier alpha value is -1.58. The van der Waals surface area contributed by atoms with Crippen molar-refractivity contribution in [3.8, 4) is 0 Å². The maximum atomic E-state index is 10.6. The first-order valence-electron chi connectivity index (χ1n) is 4.46. The molecule has 14 heavy (non-hydrogen) atoms. The van der Waals surface area contributed by atoms with E-state index >= 15 is 0 Å². The highest BCUT2D eigenvalue weighted by Crippen LogP contribution is 2.17. The van der Waals surface area contributed by atoms with Crippen molar-refractivity contribution in [3.63, 3.8) is 0 Å². The molecule has 2 N–H and O–H groups in total. The molecule has 0 atom stereocenters. The van der Waals surface area contributed by atoms with Gasteiger partial charge in [-0.15, -0.1) is 0 Å². The SMILES string of the molecule is O=C(O)/C1=C/CC/C(C(=O)O)=C\CC1. The molecule has 76 valence electrons. The van der Waals surface area contributed by atoms with Crippen molar-refractivity contribution in [1.29, 1.82) is 0 Å². The molecule has 0 unspecified atom stereocenters. The minimum absolute atomic E-state index is 0.380. The van der Waals surface area contributed by atoms with Crippen LogP contribution in [0.5, 0.6) is 0 Å². The van der Waals surface area contributed by atoms with Crippen LogP contribution in [0.25, 0.3) is 0 Å². The fourth-order valence-corrected chi connectivity index (χ4v) is 1.40. The van der Waals surface area contributed by atoms with Gasteiger partial charge in [-0.25, -0.2) is 9.59 Å². The maximum absolute atomic E-state index is 10.6. The fraction of sp³-hybridized carbons (Fsp3) is 0.400. The molecule has 4 nitrogen and oxygen atoms in total. The second-order valence-corrected chi connectivity index (χ2v) is 3.15. The number of hydrogen-bond acceptors (Lipinski definition) is 2. The topological polar surface area (TPSA) is 74.6 Å². The van der Waals surface area contributed by atoms with Crippen LogP contribution < -0.4 is 0 Å². The van der Waals surface area contributed by atoms with Crippen molar-refractivity contribution in [1.82, 2.24) is 0 Å². The monoisotopic (exact) mass is 196 g/mol. The summed E-state index contributed by atoms with van der Waals surface area (Å²) in [5.41, 5.74) is 0.761. The van der Waals surface area contributed by atoms with E-state index in [2.05, 4.69) is 0 Å². The molecular formula is C10H12O4. The summed E-state index contributed by atoms with van der Waals surface area (Å²) >= 11 is 0. The number of carbonyl (C=O) groups is 2. The molecule has 0 amide bonds. The molecule has 0 aromatic rings. The van der Waals surface area contributed by atoms with Gasteiger partial charge >= 0.3 is 11.9 Å². The average Bonchev–Trinajstić information content (AvgIpc) is 2.01. The highest BCUT2D eigenvalue weighted by atomic mass is 16.4. The Bertz CT molecular complexity index is 280. The van der Waals surface area contributed by atoms with E-state index in [-0.39, 0.29) is 0 Å². The van der Waals surface area contributed by atoms with E-state index in [1.165, 1.54) is 0 Å². The lowest BCUT2D eigenvalue weighted by molar-refractivity contribution is -0.133. The molecule has 0 aliphatic heterocycles. The van der Waals surface area contributed by atoms with E-state index in [1.807, 2.05) is 0 Å². The van der Waals surface area contributed by atoms with E-state index in [4.69, 9.17) is 10.2 Å². The number of carboxylic acid groups (broad SMARTS) is 2. The molecule has 4 heteroatoms. The molecule has 0 spiro atoms. The summed E-state index contributed by atoms with van der Waals surface area (Å²) in [6.07, 6.45) is 5.01. The maximum Gasteiger partial charge on any atom is 0.331 e. The van der Waals surface area contributed by atoms with Gasteiger partial charge in [-0.2, -0.15) is 0 Å². The molecule has 0 radical (unpaired) electrons. The van der Waals surface area contributed by atoms with Crippen LogP contribution in [0.2, 0.25) is 0 Å². The zero-order valence-electron chi connectivity index (χ0n) is 7.69. The second-order valence-electron chi connectivity index (χ2n) is 3.15. The first-order valence-corrected chi connectivity index (χ1v) is 4.46. The van der Waals surface area contributed by atoms with Crippen molar-refractivity contribution in [2.45, 2.75) is 25.7 Å². The third kappa shape index (κ3) is 2.73. The zero-order chi connectivity index (χ0) is 10.6. The second kappa shape index (κ2) is 4.60. The molecule has 0 fully saturated rings. The van der Waals surface area contributed by atoms with Crippen molar-refractivity contribution in [3.05, 3.63) is 23.3 Å². The van der Waals surface area contributed by atoms with Gasteiger partial charge in [0.05, 0.1) is 0 Å². The summed E-state index contributed by atoms with van der Waals surface area (Å²) in [5, 5.41) is 17.4. The highest BCUT2D eigenvalue weighted by Gasteiger charge is 2.12. The van der Waals surface area contributed by atoms with Gasteiger partial charge in [0.25, 0.3) is 0 Å². The van der Waals surface area contributed by atoms with Crippen molar-refractivity contribution in [2.75, 3.05) is 0 Å².